The summed E-state index contributed by atoms with van der Waals surface area (Å²) in [5.74, 6) is -0.886. The number of phenols is 2. The molecule has 0 bridgehead atoms. The van der Waals surface area contributed by atoms with Crippen molar-refractivity contribution in [1.29, 1.82) is 0 Å². The molecule has 0 unspecified atom stereocenters. The molecule has 1 rings (SSSR count). The summed E-state index contributed by atoms with van der Waals surface area (Å²) in [7, 11) is 0. The number of carbonyl (C=O) groups is 1. The summed E-state index contributed by atoms with van der Waals surface area (Å²) in [4.78, 5) is 12.1. The third-order valence-electron chi connectivity index (χ3n) is 2.90. The monoisotopic (exact) mass is 344 g/mol. The highest BCUT2D eigenvalue weighted by Crippen LogP contribution is 2.37. The van der Waals surface area contributed by atoms with Crippen molar-refractivity contribution >= 4 is 21.9 Å². The van der Waals surface area contributed by atoms with Crippen molar-refractivity contribution in [2.45, 2.75) is 52.6 Å². The molecule has 0 amide bonds. The molecule has 20 heavy (non-hydrogen) atoms. The Hall–Kier alpha value is -1.23. The summed E-state index contributed by atoms with van der Waals surface area (Å²) in [5, 5.41) is 19.7. The molecule has 0 fully saturated rings. The van der Waals surface area contributed by atoms with Crippen LogP contribution in [0.15, 0.2) is 10.5 Å². The topological polar surface area (TPSA) is 66.8 Å². The fraction of sp³-hybridized carbons (Fsp3) is 0.533. The first-order valence-electron chi connectivity index (χ1n) is 6.82. The third-order valence-corrected chi connectivity index (χ3v) is 3.78. The van der Waals surface area contributed by atoms with Gasteiger partial charge in [0.1, 0.15) is 17.1 Å². The number of carbonyl (C=O) groups excluding carboxylic acids is 1. The molecule has 0 aliphatic heterocycles. The average molecular weight is 345 g/mol. The maximum atomic E-state index is 12.1. The maximum absolute atomic E-state index is 12.1. The van der Waals surface area contributed by atoms with Crippen molar-refractivity contribution in [2.75, 3.05) is 0 Å². The van der Waals surface area contributed by atoms with Crippen LogP contribution in [-0.4, -0.2) is 22.3 Å². The Morgan fingerprint density at radius 3 is 2.50 bits per heavy atom. The van der Waals surface area contributed by atoms with Crippen molar-refractivity contribution in [1.82, 2.24) is 0 Å². The zero-order chi connectivity index (χ0) is 15.3. The molecule has 1 aromatic rings. The predicted molar refractivity (Wildman–Crippen MR) is 81.3 cm³/mol. The highest BCUT2D eigenvalue weighted by molar-refractivity contribution is 9.10. The van der Waals surface area contributed by atoms with Gasteiger partial charge in [0.15, 0.2) is 0 Å². The van der Waals surface area contributed by atoms with E-state index in [4.69, 9.17) is 4.74 Å². The van der Waals surface area contributed by atoms with Crippen LogP contribution in [0.5, 0.6) is 11.5 Å². The van der Waals surface area contributed by atoms with Gasteiger partial charge in [-0.05, 0) is 48.2 Å². The minimum absolute atomic E-state index is 0.0740. The molecule has 2 N–H and O–H groups in total. The van der Waals surface area contributed by atoms with E-state index in [0.717, 1.165) is 25.3 Å². The molecule has 112 valence electrons. The van der Waals surface area contributed by atoms with Gasteiger partial charge in [-0.3, -0.25) is 0 Å². The number of halogens is 1. The first-order valence-corrected chi connectivity index (χ1v) is 7.62. The Bertz CT molecular complexity index is 483. The number of hydrogen-bond donors (Lipinski definition) is 2. The van der Waals surface area contributed by atoms with E-state index in [1.807, 2.05) is 0 Å². The van der Waals surface area contributed by atoms with Crippen molar-refractivity contribution in [3.05, 3.63) is 21.7 Å². The summed E-state index contributed by atoms with van der Waals surface area (Å²) in [5.41, 5.74) is 0.737. The second-order valence-corrected chi connectivity index (χ2v) is 5.79. The number of hydrogen-bond acceptors (Lipinski definition) is 4. The molecule has 0 heterocycles. The van der Waals surface area contributed by atoms with E-state index in [1.54, 1.807) is 13.8 Å². The van der Waals surface area contributed by atoms with E-state index in [2.05, 4.69) is 22.9 Å². The number of unbranched alkanes of at least 4 members (excludes halogenated alkanes) is 2. The Morgan fingerprint density at radius 2 is 1.95 bits per heavy atom. The van der Waals surface area contributed by atoms with Gasteiger partial charge in [0, 0.05) is 6.07 Å². The summed E-state index contributed by atoms with van der Waals surface area (Å²) >= 11 is 3.28. The normalized spacial score (nSPS) is 10.8. The van der Waals surface area contributed by atoms with Crippen LogP contribution in [0.3, 0.4) is 0 Å². The Kier molecular flexibility index (Phi) is 6.33. The lowest BCUT2D eigenvalue weighted by molar-refractivity contribution is 0.0373. The highest BCUT2D eigenvalue weighted by Gasteiger charge is 2.23. The molecule has 0 saturated heterocycles. The second-order valence-electron chi connectivity index (χ2n) is 4.99. The first kappa shape index (κ1) is 16.8. The third kappa shape index (κ3) is 4.13. The molecule has 0 radical (unpaired) electrons. The van der Waals surface area contributed by atoms with Crippen molar-refractivity contribution in [2.24, 2.45) is 0 Å². The summed E-state index contributed by atoms with van der Waals surface area (Å²) < 4.78 is 5.60. The van der Waals surface area contributed by atoms with Gasteiger partial charge >= 0.3 is 5.97 Å². The van der Waals surface area contributed by atoms with Crippen molar-refractivity contribution in [3.8, 4) is 11.5 Å². The molecule has 5 heteroatoms. The first-order chi connectivity index (χ1) is 9.38. The lowest BCUT2D eigenvalue weighted by atomic mass is 10.00. The summed E-state index contributed by atoms with van der Waals surface area (Å²) in [6.07, 6.45) is 3.27. The zero-order valence-electron chi connectivity index (χ0n) is 12.1. The molecule has 0 aliphatic rings. The fourth-order valence-electron chi connectivity index (χ4n) is 1.97. The quantitative estimate of drug-likeness (QED) is 0.600. The van der Waals surface area contributed by atoms with Crippen LogP contribution in [0.1, 0.15) is 56.0 Å². The SMILES string of the molecule is CCCCCc1c(Br)c(O)cc(O)c1C(=O)OC(C)C. The predicted octanol–water partition coefficient (Wildman–Crippen LogP) is 4.16. The van der Waals surface area contributed by atoms with E-state index >= 15 is 0 Å². The lowest BCUT2D eigenvalue weighted by Crippen LogP contribution is -2.14. The second kappa shape index (κ2) is 7.53. The molecule has 0 spiro atoms. The van der Waals surface area contributed by atoms with Gasteiger partial charge in [0.05, 0.1) is 10.6 Å². The Balaban J connectivity index is 3.18. The number of phenolic OH excluding ortho intramolecular Hbond substituents is 2. The summed E-state index contributed by atoms with van der Waals surface area (Å²) in [6, 6.07) is 1.16. The van der Waals surface area contributed by atoms with Crippen LogP contribution in [-0.2, 0) is 11.2 Å². The standard InChI is InChI=1S/C15H21BrO4/c1-4-5-6-7-10-13(15(19)20-9(2)3)11(17)8-12(18)14(10)16/h8-9,17-18H,4-7H2,1-3H3. The molecule has 0 aromatic heterocycles. The molecule has 0 saturated carbocycles. The largest absolute Gasteiger partial charge is 0.507 e. The lowest BCUT2D eigenvalue weighted by Gasteiger charge is -2.15. The van der Waals surface area contributed by atoms with E-state index < -0.39 is 5.97 Å². The summed E-state index contributed by atoms with van der Waals surface area (Å²) in [6.45, 7) is 5.59. The average Bonchev–Trinajstić information content (AvgIpc) is 2.34. The van der Waals surface area contributed by atoms with Crippen LogP contribution >= 0.6 is 15.9 Å². The van der Waals surface area contributed by atoms with Gasteiger partial charge in [0.25, 0.3) is 0 Å². The van der Waals surface area contributed by atoms with E-state index in [9.17, 15) is 15.0 Å². The van der Waals surface area contributed by atoms with Crippen LogP contribution in [0.25, 0.3) is 0 Å². The maximum Gasteiger partial charge on any atom is 0.342 e. The number of rotatable bonds is 6. The van der Waals surface area contributed by atoms with Crippen LogP contribution in [0.4, 0.5) is 0 Å². The van der Waals surface area contributed by atoms with Crippen LogP contribution < -0.4 is 0 Å². The van der Waals surface area contributed by atoms with Gasteiger partial charge in [-0.1, -0.05) is 19.8 Å². The van der Waals surface area contributed by atoms with Crippen molar-refractivity contribution in [3.63, 3.8) is 0 Å². The van der Waals surface area contributed by atoms with Gasteiger partial charge in [-0.25, -0.2) is 4.79 Å². The molecule has 0 atom stereocenters. The number of ether oxygens (including phenoxy) is 1. The smallest absolute Gasteiger partial charge is 0.342 e. The molecular weight excluding hydrogens is 324 g/mol. The van der Waals surface area contributed by atoms with Gasteiger partial charge in [0.2, 0.25) is 0 Å². The number of benzene rings is 1. The fourth-order valence-corrected chi connectivity index (χ4v) is 2.48. The van der Waals surface area contributed by atoms with Gasteiger partial charge < -0.3 is 14.9 Å². The number of aromatic hydroxyl groups is 2. The van der Waals surface area contributed by atoms with Crippen LogP contribution in [0, 0.1) is 0 Å². The van der Waals surface area contributed by atoms with Crippen LogP contribution in [0.2, 0.25) is 0 Å². The van der Waals surface area contributed by atoms with E-state index in [0.29, 0.717) is 16.5 Å². The minimum Gasteiger partial charge on any atom is -0.507 e. The van der Waals surface area contributed by atoms with Gasteiger partial charge in [-0.2, -0.15) is 0 Å². The minimum atomic E-state index is -0.565. The zero-order valence-corrected chi connectivity index (χ0v) is 13.7. The Morgan fingerprint density at radius 1 is 1.30 bits per heavy atom. The molecular formula is C15H21BrO4. The van der Waals surface area contributed by atoms with Crippen molar-refractivity contribution < 1.29 is 19.7 Å². The van der Waals surface area contributed by atoms with E-state index in [1.165, 1.54) is 0 Å². The highest BCUT2D eigenvalue weighted by atomic mass is 79.9. The van der Waals surface area contributed by atoms with Gasteiger partial charge in [-0.15, -0.1) is 0 Å². The molecule has 4 nitrogen and oxygen atoms in total. The Labute approximate surface area is 127 Å². The molecule has 1 aromatic carbocycles. The van der Waals surface area contributed by atoms with E-state index in [-0.39, 0.29) is 23.2 Å². The number of esters is 1. The molecule has 0 aliphatic carbocycles.